The zero-order chi connectivity index (χ0) is 13.0. The number of nitrogens with two attached hydrogens (primary N) is 1. The average molecular weight is 269 g/mol. The number of ether oxygens (including phenoxy) is 1. The number of likely N-dealkylation sites (tertiary alicyclic amines) is 1. The van der Waals surface area contributed by atoms with Crippen molar-refractivity contribution in [2.75, 3.05) is 26.0 Å². The smallest absolute Gasteiger partial charge is 0.180 e. The minimum Gasteiger partial charge on any atom is -0.383 e. The second kappa shape index (κ2) is 5.99. The van der Waals surface area contributed by atoms with Crippen LogP contribution in [0.4, 0.5) is 5.13 Å². The normalized spacial score (nSPS) is 24.8. The van der Waals surface area contributed by atoms with Gasteiger partial charge in [0.1, 0.15) is 0 Å². The van der Waals surface area contributed by atoms with Crippen molar-refractivity contribution in [2.24, 2.45) is 0 Å². The Morgan fingerprint density at radius 2 is 2.44 bits per heavy atom. The molecule has 1 fully saturated rings. The van der Waals surface area contributed by atoms with E-state index in [0.717, 1.165) is 19.7 Å². The van der Waals surface area contributed by atoms with Crippen LogP contribution in [-0.4, -0.2) is 35.7 Å². The van der Waals surface area contributed by atoms with Crippen molar-refractivity contribution in [1.82, 2.24) is 9.88 Å². The first kappa shape index (κ1) is 13.8. The number of thiazole rings is 1. The summed E-state index contributed by atoms with van der Waals surface area (Å²) in [5.41, 5.74) is 5.93. The number of hydrogen-bond donors (Lipinski definition) is 1. The molecular formula is C13H23N3OS. The Labute approximate surface area is 113 Å². The van der Waals surface area contributed by atoms with Crippen LogP contribution in [0.15, 0.2) is 6.20 Å². The maximum absolute atomic E-state index is 5.70. The Kier molecular flexibility index (Phi) is 4.59. The van der Waals surface area contributed by atoms with Gasteiger partial charge >= 0.3 is 0 Å². The van der Waals surface area contributed by atoms with E-state index in [0.29, 0.717) is 5.13 Å². The number of nitrogen functional groups attached to an aromatic ring is 1. The van der Waals surface area contributed by atoms with E-state index in [2.05, 4.69) is 16.8 Å². The summed E-state index contributed by atoms with van der Waals surface area (Å²) in [6.45, 7) is 5.19. The molecule has 0 spiro atoms. The van der Waals surface area contributed by atoms with E-state index in [-0.39, 0.29) is 5.54 Å². The van der Waals surface area contributed by atoms with Crippen molar-refractivity contribution < 1.29 is 4.74 Å². The van der Waals surface area contributed by atoms with Crippen LogP contribution in [0.5, 0.6) is 0 Å². The van der Waals surface area contributed by atoms with Gasteiger partial charge in [-0.3, -0.25) is 4.90 Å². The third-order valence-electron chi connectivity index (χ3n) is 3.79. The van der Waals surface area contributed by atoms with Crippen LogP contribution in [0, 0.1) is 0 Å². The van der Waals surface area contributed by atoms with Crippen LogP contribution in [0.25, 0.3) is 0 Å². The number of aromatic nitrogens is 1. The lowest BCUT2D eigenvalue weighted by Gasteiger charge is -2.38. The van der Waals surface area contributed by atoms with Gasteiger partial charge in [-0.25, -0.2) is 4.98 Å². The lowest BCUT2D eigenvalue weighted by Crippen LogP contribution is -2.46. The summed E-state index contributed by atoms with van der Waals surface area (Å²) >= 11 is 1.60. The highest BCUT2D eigenvalue weighted by molar-refractivity contribution is 7.15. The van der Waals surface area contributed by atoms with E-state index in [4.69, 9.17) is 10.5 Å². The zero-order valence-electron chi connectivity index (χ0n) is 11.3. The minimum absolute atomic E-state index is 0.224. The summed E-state index contributed by atoms with van der Waals surface area (Å²) in [6.07, 6.45) is 6.81. The van der Waals surface area contributed by atoms with Gasteiger partial charge in [-0.2, -0.15) is 0 Å². The quantitative estimate of drug-likeness (QED) is 0.862. The molecule has 0 aliphatic carbocycles. The van der Waals surface area contributed by atoms with Gasteiger partial charge in [0.15, 0.2) is 5.13 Å². The largest absolute Gasteiger partial charge is 0.383 e. The molecule has 1 aromatic rings. The van der Waals surface area contributed by atoms with Gasteiger partial charge in [0.2, 0.25) is 0 Å². The van der Waals surface area contributed by atoms with Gasteiger partial charge in [-0.1, -0.05) is 13.3 Å². The number of nitrogens with zero attached hydrogens (tertiary/aromatic N) is 2. The summed E-state index contributed by atoms with van der Waals surface area (Å²) < 4.78 is 5.48. The molecule has 1 saturated heterocycles. The molecule has 2 N–H and O–H groups in total. The van der Waals surface area contributed by atoms with Gasteiger partial charge in [-0.15, -0.1) is 11.3 Å². The predicted octanol–water partition coefficient (Wildman–Crippen LogP) is 2.51. The molecule has 0 aromatic carbocycles. The Bertz CT molecular complexity index is 374. The SMILES string of the molecule is CCCC1(COC)CCCN1Cc1cnc(N)s1. The van der Waals surface area contributed by atoms with Crippen molar-refractivity contribution in [1.29, 1.82) is 0 Å². The molecule has 1 aliphatic heterocycles. The molecule has 5 heteroatoms. The Morgan fingerprint density at radius 3 is 3.06 bits per heavy atom. The highest BCUT2D eigenvalue weighted by Gasteiger charge is 2.40. The van der Waals surface area contributed by atoms with Gasteiger partial charge in [0, 0.05) is 30.3 Å². The summed E-state index contributed by atoms with van der Waals surface area (Å²) in [5, 5.41) is 0.664. The molecule has 2 heterocycles. The van der Waals surface area contributed by atoms with Gasteiger partial charge < -0.3 is 10.5 Å². The molecule has 1 unspecified atom stereocenters. The summed E-state index contributed by atoms with van der Waals surface area (Å²) in [7, 11) is 1.80. The highest BCUT2D eigenvalue weighted by atomic mass is 32.1. The third kappa shape index (κ3) is 2.84. The second-order valence-corrected chi connectivity index (χ2v) is 6.24. The average Bonchev–Trinajstić information content (AvgIpc) is 2.89. The number of hydrogen-bond acceptors (Lipinski definition) is 5. The maximum Gasteiger partial charge on any atom is 0.180 e. The first-order chi connectivity index (χ1) is 8.70. The van der Waals surface area contributed by atoms with Gasteiger partial charge in [-0.05, 0) is 25.8 Å². The first-order valence-corrected chi connectivity index (χ1v) is 7.46. The number of rotatable bonds is 6. The minimum atomic E-state index is 0.224. The van der Waals surface area contributed by atoms with E-state index in [1.807, 2.05) is 6.20 Å². The molecule has 0 radical (unpaired) electrons. The Balaban J connectivity index is 2.09. The van der Waals surface area contributed by atoms with Crippen molar-refractivity contribution in [3.05, 3.63) is 11.1 Å². The molecule has 4 nitrogen and oxygen atoms in total. The zero-order valence-corrected chi connectivity index (χ0v) is 12.1. The lowest BCUT2D eigenvalue weighted by molar-refractivity contribution is 0.0270. The number of anilines is 1. The molecule has 18 heavy (non-hydrogen) atoms. The Morgan fingerprint density at radius 1 is 1.61 bits per heavy atom. The third-order valence-corrected chi connectivity index (χ3v) is 4.60. The second-order valence-electron chi connectivity index (χ2n) is 5.10. The molecule has 1 aromatic heterocycles. The first-order valence-electron chi connectivity index (χ1n) is 6.64. The molecule has 0 saturated carbocycles. The standard InChI is InChI=1S/C13H23N3OS/c1-3-5-13(10-17-2)6-4-7-16(13)9-11-8-15-12(14)18-11/h8H,3-7,9-10H2,1-2H3,(H2,14,15). The van der Waals surface area contributed by atoms with E-state index >= 15 is 0 Å². The Hall–Kier alpha value is -0.650. The summed E-state index contributed by atoms with van der Waals surface area (Å²) in [5.74, 6) is 0. The van der Waals surface area contributed by atoms with Crippen LogP contribution in [0.1, 0.15) is 37.5 Å². The van der Waals surface area contributed by atoms with Crippen molar-refractivity contribution in [3.63, 3.8) is 0 Å². The fraction of sp³-hybridized carbons (Fsp3) is 0.769. The topological polar surface area (TPSA) is 51.4 Å². The van der Waals surface area contributed by atoms with Crippen LogP contribution in [0.2, 0.25) is 0 Å². The van der Waals surface area contributed by atoms with E-state index < -0.39 is 0 Å². The monoisotopic (exact) mass is 269 g/mol. The van der Waals surface area contributed by atoms with Gasteiger partial charge in [0.05, 0.1) is 6.61 Å². The number of methoxy groups -OCH3 is 1. The fourth-order valence-electron chi connectivity index (χ4n) is 3.08. The maximum atomic E-state index is 5.70. The van der Waals surface area contributed by atoms with Crippen LogP contribution < -0.4 is 5.73 Å². The molecule has 1 atom stereocenters. The van der Waals surface area contributed by atoms with Gasteiger partial charge in [0.25, 0.3) is 0 Å². The lowest BCUT2D eigenvalue weighted by atomic mass is 9.91. The molecule has 0 bridgehead atoms. The highest BCUT2D eigenvalue weighted by Crippen LogP contribution is 2.35. The van der Waals surface area contributed by atoms with Crippen LogP contribution >= 0.6 is 11.3 Å². The molecule has 1 aliphatic rings. The molecule has 102 valence electrons. The van der Waals surface area contributed by atoms with E-state index in [1.165, 1.54) is 30.6 Å². The fourth-order valence-corrected chi connectivity index (χ4v) is 3.78. The summed E-state index contributed by atoms with van der Waals surface area (Å²) in [6, 6.07) is 0. The molecule has 2 rings (SSSR count). The van der Waals surface area contributed by atoms with E-state index in [1.54, 1.807) is 18.4 Å². The van der Waals surface area contributed by atoms with Crippen LogP contribution in [0.3, 0.4) is 0 Å². The van der Waals surface area contributed by atoms with E-state index in [9.17, 15) is 0 Å². The van der Waals surface area contributed by atoms with Crippen molar-refractivity contribution in [2.45, 2.75) is 44.7 Å². The van der Waals surface area contributed by atoms with Crippen molar-refractivity contribution in [3.8, 4) is 0 Å². The summed E-state index contributed by atoms with van der Waals surface area (Å²) in [4.78, 5) is 7.95. The van der Waals surface area contributed by atoms with Crippen LogP contribution in [-0.2, 0) is 11.3 Å². The molecular weight excluding hydrogens is 246 g/mol. The molecule has 0 amide bonds. The van der Waals surface area contributed by atoms with Crippen molar-refractivity contribution >= 4 is 16.5 Å². The predicted molar refractivity (Wildman–Crippen MR) is 75.7 cm³/mol.